The fraction of sp³-hybridized carbons (Fsp3) is 0.562. The standard InChI is InChI=1S/C16H23N3O2/c1-19(2)16(20)12-7-11-3-5-17-9-14(11)15(8-12)18-13-4-6-21-10-13/h7-8,13,17-18H,3-6,9-10H2,1-2H3. The first-order valence-corrected chi connectivity index (χ1v) is 7.57. The number of carbonyl (C=O) groups excluding carboxylic acids is 1. The summed E-state index contributed by atoms with van der Waals surface area (Å²) in [5, 5.41) is 6.98. The fourth-order valence-corrected chi connectivity index (χ4v) is 2.98. The highest BCUT2D eigenvalue weighted by Gasteiger charge is 2.21. The van der Waals surface area contributed by atoms with Gasteiger partial charge in [0.25, 0.3) is 5.91 Å². The molecular weight excluding hydrogens is 266 g/mol. The molecule has 1 fully saturated rings. The third kappa shape index (κ3) is 3.04. The van der Waals surface area contributed by atoms with Crippen molar-refractivity contribution in [3.8, 4) is 0 Å². The van der Waals surface area contributed by atoms with Crippen LogP contribution in [-0.2, 0) is 17.7 Å². The van der Waals surface area contributed by atoms with Gasteiger partial charge in [-0.3, -0.25) is 4.79 Å². The van der Waals surface area contributed by atoms with Gasteiger partial charge in [-0.15, -0.1) is 0 Å². The number of amides is 1. The smallest absolute Gasteiger partial charge is 0.253 e. The molecule has 1 amide bonds. The van der Waals surface area contributed by atoms with Gasteiger partial charge in [0, 0.05) is 38.5 Å². The van der Waals surface area contributed by atoms with Crippen LogP contribution in [0.5, 0.6) is 0 Å². The molecule has 0 aromatic heterocycles. The summed E-state index contributed by atoms with van der Waals surface area (Å²) in [5.74, 6) is 0.0575. The van der Waals surface area contributed by atoms with Crippen molar-refractivity contribution in [2.45, 2.75) is 25.4 Å². The number of hydrogen-bond donors (Lipinski definition) is 2. The van der Waals surface area contributed by atoms with Gasteiger partial charge in [0.05, 0.1) is 12.6 Å². The summed E-state index contributed by atoms with van der Waals surface area (Å²) >= 11 is 0. The van der Waals surface area contributed by atoms with Crippen LogP contribution in [0.2, 0.25) is 0 Å². The Bertz CT molecular complexity index is 537. The summed E-state index contributed by atoms with van der Waals surface area (Å²) in [4.78, 5) is 13.9. The minimum absolute atomic E-state index is 0.0575. The van der Waals surface area contributed by atoms with Gasteiger partial charge in [0.1, 0.15) is 0 Å². The van der Waals surface area contributed by atoms with E-state index >= 15 is 0 Å². The Morgan fingerprint density at radius 3 is 3.00 bits per heavy atom. The molecule has 5 heteroatoms. The monoisotopic (exact) mass is 289 g/mol. The van der Waals surface area contributed by atoms with Crippen molar-refractivity contribution in [2.75, 3.05) is 39.2 Å². The second-order valence-electron chi connectivity index (χ2n) is 5.99. The average molecular weight is 289 g/mol. The SMILES string of the molecule is CN(C)C(=O)c1cc2c(c(NC3CCOC3)c1)CNCC2. The maximum atomic E-state index is 12.3. The lowest BCUT2D eigenvalue weighted by Crippen LogP contribution is -2.28. The molecule has 114 valence electrons. The predicted molar refractivity (Wildman–Crippen MR) is 82.7 cm³/mol. The number of anilines is 1. The van der Waals surface area contributed by atoms with Crippen LogP contribution < -0.4 is 10.6 Å². The molecule has 0 radical (unpaired) electrons. The van der Waals surface area contributed by atoms with Gasteiger partial charge >= 0.3 is 0 Å². The Labute approximate surface area is 125 Å². The topological polar surface area (TPSA) is 53.6 Å². The van der Waals surface area contributed by atoms with Gasteiger partial charge in [-0.05, 0) is 42.6 Å². The van der Waals surface area contributed by atoms with E-state index in [9.17, 15) is 4.79 Å². The summed E-state index contributed by atoms with van der Waals surface area (Å²) in [5.41, 5.74) is 4.42. The summed E-state index contributed by atoms with van der Waals surface area (Å²) in [7, 11) is 3.59. The molecule has 2 heterocycles. The Morgan fingerprint density at radius 2 is 2.29 bits per heavy atom. The van der Waals surface area contributed by atoms with Gasteiger partial charge in [-0.25, -0.2) is 0 Å². The lowest BCUT2D eigenvalue weighted by molar-refractivity contribution is 0.0827. The largest absolute Gasteiger partial charge is 0.380 e. The van der Waals surface area contributed by atoms with E-state index in [1.165, 1.54) is 11.1 Å². The van der Waals surface area contributed by atoms with E-state index in [-0.39, 0.29) is 5.91 Å². The Hall–Kier alpha value is -1.59. The minimum Gasteiger partial charge on any atom is -0.380 e. The van der Waals surface area contributed by atoms with E-state index in [0.29, 0.717) is 6.04 Å². The third-order valence-corrected chi connectivity index (χ3v) is 4.16. The number of nitrogens with one attached hydrogen (secondary N) is 2. The van der Waals surface area contributed by atoms with Crippen molar-refractivity contribution in [1.29, 1.82) is 0 Å². The first-order chi connectivity index (χ1) is 10.1. The van der Waals surface area contributed by atoms with Crippen LogP contribution in [0.3, 0.4) is 0 Å². The predicted octanol–water partition coefficient (Wildman–Crippen LogP) is 1.23. The number of carbonyl (C=O) groups is 1. The molecule has 1 aromatic carbocycles. The first kappa shape index (κ1) is 14.4. The Balaban J connectivity index is 1.94. The fourth-order valence-electron chi connectivity index (χ4n) is 2.98. The van der Waals surface area contributed by atoms with Crippen LogP contribution >= 0.6 is 0 Å². The van der Waals surface area contributed by atoms with E-state index in [0.717, 1.165) is 50.4 Å². The molecule has 2 aliphatic rings. The molecule has 0 bridgehead atoms. The lowest BCUT2D eigenvalue weighted by atomic mass is 9.95. The highest BCUT2D eigenvalue weighted by atomic mass is 16.5. The maximum absolute atomic E-state index is 12.3. The van der Waals surface area contributed by atoms with Crippen LogP contribution in [-0.4, -0.2) is 50.7 Å². The second kappa shape index (κ2) is 6.03. The molecular formula is C16H23N3O2. The first-order valence-electron chi connectivity index (χ1n) is 7.57. The third-order valence-electron chi connectivity index (χ3n) is 4.16. The van der Waals surface area contributed by atoms with E-state index < -0.39 is 0 Å². The van der Waals surface area contributed by atoms with Crippen molar-refractivity contribution in [2.24, 2.45) is 0 Å². The molecule has 1 unspecified atom stereocenters. The van der Waals surface area contributed by atoms with E-state index in [1.807, 2.05) is 6.07 Å². The van der Waals surface area contributed by atoms with Crippen molar-refractivity contribution in [3.05, 3.63) is 28.8 Å². The van der Waals surface area contributed by atoms with E-state index in [4.69, 9.17) is 4.74 Å². The molecule has 21 heavy (non-hydrogen) atoms. The van der Waals surface area contributed by atoms with Gasteiger partial charge in [-0.2, -0.15) is 0 Å². The minimum atomic E-state index is 0.0575. The zero-order valence-electron chi connectivity index (χ0n) is 12.7. The van der Waals surface area contributed by atoms with Crippen LogP contribution in [0, 0.1) is 0 Å². The summed E-state index contributed by atoms with van der Waals surface area (Å²) in [6.07, 6.45) is 1.99. The van der Waals surface area contributed by atoms with E-state index in [1.54, 1.807) is 19.0 Å². The van der Waals surface area contributed by atoms with Crippen LogP contribution in [0.15, 0.2) is 12.1 Å². The molecule has 0 spiro atoms. The normalized spacial score (nSPS) is 21.0. The molecule has 1 atom stereocenters. The van der Waals surface area contributed by atoms with Gasteiger partial charge < -0.3 is 20.3 Å². The number of fused-ring (bicyclic) bond motifs is 1. The highest BCUT2D eigenvalue weighted by Crippen LogP contribution is 2.27. The zero-order chi connectivity index (χ0) is 14.8. The number of hydrogen-bond acceptors (Lipinski definition) is 4. The Kier molecular flexibility index (Phi) is 4.12. The Morgan fingerprint density at radius 1 is 1.43 bits per heavy atom. The summed E-state index contributed by atoms with van der Waals surface area (Å²) in [6.45, 7) is 3.39. The number of nitrogens with zero attached hydrogens (tertiary/aromatic N) is 1. The number of ether oxygens (including phenoxy) is 1. The number of rotatable bonds is 3. The molecule has 2 aliphatic heterocycles. The van der Waals surface area contributed by atoms with Crippen LogP contribution in [0.25, 0.3) is 0 Å². The summed E-state index contributed by atoms with van der Waals surface area (Å²) < 4.78 is 5.44. The summed E-state index contributed by atoms with van der Waals surface area (Å²) in [6, 6.07) is 4.39. The molecule has 0 saturated carbocycles. The van der Waals surface area contributed by atoms with Gasteiger partial charge in [0.15, 0.2) is 0 Å². The molecule has 0 aliphatic carbocycles. The molecule has 5 nitrogen and oxygen atoms in total. The zero-order valence-corrected chi connectivity index (χ0v) is 12.7. The maximum Gasteiger partial charge on any atom is 0.253 e. The van der Waals surface area contributed by atoms with Crippen molar-refractivity contribution >= 4 is 11.6 Å². The molecule has 3 rings (SSSR count). The number of benzene rings is 1. The quantitative estimate of drug-likeness (QED) is 0.879. The molecule has 2 N–H and O–H groups in total. The van der Waals surface area contributed by atoms with Gasteiger partial charge in [0.2, 0.25) is 0 Å². The van der Waals surface area contributed by atoms with Crippen molar-refractivity contribution in [1.82, 2.24) is 10.2 Å². The highest BCUT2D eigenvalue weighted by molar-refractivity contribution is 5.95. The van der Waals surface area contributed by atoms with Gasteiger partial charge in [-0.1, -0.05) is 0 Å². The van der Waals surface area contributed by atoms with Crippen LogP contribution in [0.1, 0.15) is 27.9 Å². The second-order valence-corrected chi connectivity index (χ2v) is 5.99. The van der Waals surface area contributed by atoms with Crippen molar-refractivity contribution < 1.29 is 9.53 Å². The van der Waals surface area contributed by atoms with E-state index in [2.05, 4.69) is 16.7 Å². The molecule has 1 aromatic rings. The lowest BCUT2D eigenvalue weighted by Gasteiger charge is -2.24. The molecule has 1 saturated heterocycles. The van der Waals surface area contributed by atoms with Crippen LogP contribution in [0.4, 0.5) is 5.69 Å². The van der Waals surface area contributed by atoms with Crippen molar-refractivity contribution in [3.63, 3.8) is 0 Å². The average Bonchev–Trinajstić information content (AvgIpc) is 2.99.